The SMILES string of the molecule is O[P]1(O)([Mo])OO1.[Zn]. The molecule has 0 aromatic rings. The Kier molecular flexibility index (Phi) is 2.18. The van der Waals surface area contributed by atoms with Gasteiger partial charge in [-0.05, 0) is 0 Å². The Hall–Kier alpha value is 1.58. The number of hydrogen-bond acceptors (Lipinski definition) is 4. The van der Waals surface area contributed by atoms with Gasteiger partial charge >= 0.3 is 44.0 Å². The van der Waals surface area contributed by atoms with Gasteiger partial charge in [-0.1, -0.05) is 0 Å². The predicted molar refractivity (Wildman–Crippen MR) is 13.5 cm³/mol. The molecule has 0 saturated carbocycles. The maximum absolute atomic E-state index is 8.34. The Labute approximate surface area is 63.5 Å². The average molecular weight is 258 g/mol. The third kappa shape index (κ3) is 3.21. The zero-order valence-electron chi connectivity index (χ0n) is 3.27. The van der Waals surface area contributed by atoms with Gasteiger partial charge in [-0.15, -0.1) is 0 Å². The molecule has 39 valence electrons. The molecule has 1 fully saturated rings. The van der Waals surface area contributed by atoms with E-state index in [2.05, 4.69) is 9.35 Å². The maximum atomic E-state index is 8.34. The number of hydrogen-bond donors (Lipinski definition) is 2. The van der Waals surface area contributed by atoms with Crippen molar-refractivity contribution in [3.63, 3.8) is 0 Å². The largest absolute Gasteiger partial charge is 0 e. The van der Waals surface area contributed by atoms with E-state index in [-0.39, 0.29) is 19.5 Å². The van der Waals surface area contributed by atoms with Crippen molar-refractivity contribution in [3.8, 4) is 0 Å². The molecule has 1 heterocycles. The molecule has 0 radical (unpaired) electrons. The molecule has 0 unspecified atom stereocenters. The van der Waals surface area contributed by atoms with Gasteiger partial charge in [-0.2, -0.15) is 0 Å². The van der Waals surface area contributed by atoms with Gasteiger partial charge in [0.25, 0.3) is 0 Å². The molecule has 1 aliphatic rings. The van der Waals surface area contributed by atoms with Crippen LogP contribution < -0.4 is 0 Å². The van der Waals surface area contributed by atoms with Crippen LogP contribution in [0.5, 0.6) is 0 Å². The summed E-state index contributed by atoms with van der Waals surface area (Å²) in [6, 6.07) is 0. The van der Waals surface area contributed by atoms with Crippen LogP contribution >= 0.6 is 5.60 Å². The molecule has 0 spiro atoms. The van der Waals surface area contributed by atoms with E-state index in [0.29, 0.717) is 0 Å². The Morgan fingerprint density at radius 1 is 1.29 bits per heavy atom. The Balaban J connectivity index is 0.000000360. The topological polar surface area (TPSA) is 65.5 Å². The second-order valence-electron chi connectivity index (χ2n) is 0.952. The van der Waals surface area contributed by atoms with Gasteiger partial charge in [0, 0.05) is 19.5 Å². The maximum Gasteiger partial charge on any atom is 0 e. The van der Waals surface area contributed by atoms with E-state index < -0.39 is 5.60 Å². The van der Waals surface area contributed by atoms with Crippen molar-refractivity contribution in [1.82, 2.24) is 0 Å². The first kappa shape index (κ1) is 8.58. The zero-order valence-corrected chi connectivity index (χ0v) is 9.14. The van der Waals surface area contributed by atoms with E-state index in [1.54, 1.807) is 0 Å². The summed E-state index contributed by atoms with van der Waals surface area (Å²) in [7, 11) is 0. The average Bonchev–Trinajstić information content (AvgIpc) is 1.73. The van der Waals surface area contributed by atoms with E-state index in [1.807, 2.05) is 0 Å². The van der Waals surface area contributed by atoms with Crippen molar-refractivity contribution in [2.75, 3.05) is 0 Å². The summed E-state index contributed by atoms with van der Waals surface area (Å²) >= 11 is 1.05. The molecule has 1 saturated heterocycles. The van der Waals surface area contributed by atoms with Gasteiger partial charge in [0.1, 0.15) is 0 Å². The van der Waals surface area contributed by atoms with E-state index in [1.165, 1.54) is 0 Å². The molecule has 0 bridgehead atoms. The van der Waals surface area contributed by atoms with Gasteiger partial charge in [-0.3, -0.25) is 0 Å². The fourth-order valence-corrected chi connectivity index (χ4v) is 0.993. The molecular weight excluding hydrogens is 256 g/mol. The van der Waals surface area contributed by atoms with Crippen LogP contribution in [0, 0.1) is 0 Å². The van der Waals surface area contributed by atoms with Crippen LogP contribution in [0.15, 0.2) is 0 Å². The van der Waals surface area contributed by atoms with Gasteiger partial charge < -0.3 is 0 Å². The molecule has 0 aromatic carbocycles. The summed E-state index contributed by atoms with van der Waals surface area (Å²) in [6.45, 7) is 0. The Morgan fingerprint density at radius 3 is 1.43 bits per heavy atom. The molecule has 7 heteroatoms. The van der Waals surface area contributed by atoms with Crippen molar-refractivity contribution < 1.29 is 57.9 Å². The molecule has 1 rings (SSSR count). The van der Waals surface area contributed by atoms with Crippen LogP contribution in [-0.2, 0) is 48.1 Å². The molecule has 0 aromatic heterocycles. The molecule has 4 nitrogen and oxygen atoms in total. The van der Waals surface area contributed by atoms with Crippen LogP contribution in [0.1, 0.15) is 0 Å². The molecule has 0 atom stereocenters. The molecule has 1 aliphatic heterocycles. The van der Waals surface area contributed by atoms with Crippen molar-refractivity contribution in [1.29, 1.82) is 0 Å². The second kappa shape index (κ2) is 1.78. The summed E-state index contributed by atoms with van der Waals surface area (Å²) in [5.41, 5.74) is -3.79. The summed E-state index contributed by atoms with van der Waals surface area (Å²) in [4.78, 5) is 16.7. The van der Waals surface area contributed by atoms with E-state index in [0.717, 1.165) is 19.3 Å². The van der Waals surface area contributed by atoms with Gasteiger partial charge in [-0.25, -0.2) is 0 Å². The van der Waals surface area contributed by atoms with Crippen molar-refractivity contribution in [2.45, 2.75) is 0 Å². The fraction of sp³-hybridized carbons (Fsp3) is 0. The minimum absolute atomic E-state index is 0. The summed E-state index contributed by atoms with van der Waals surface area (Å²) in [6.07, 6.45) is 0. The molecule has 0 amide bonds. The monoisotopic (exact) mass is 259 g/mol. The van der Waals surface area contributed by atoms with Crippen molar-refractivity contribution in [3.05, 3.63) is 0 Å². The molecular formula is H2MoO4PZn. The minimum Gasteiger partial charge on any atom is 0 e. The first-order chi connectivity index (χ1) is 2.47. The summed E-state index contributed by atoms with van der Waals surface area (Å²) in [5.74, 6) is 0. The van der Waals surface area contributed by atoms with Crippen molar-refractivity contribution in [2.24, 2.45) is 0 Å². The second-order valence-corrected chi connectivity index (χ2v) is 7.46. The van der Waals surface area contributed by atoms with E-state index in [9.17, 15) is 0 Å². The first-order valence-corrected chi connectivity index (χ1v) is 5.70. The number of rotatable bonds is 0. The fourth-order valence-electron chi connectivity index (χ4n) is 0.0434. The molecule has 2 N–H and O–H groups in total. The van der Waals surface area contributed by atoms with Crippen LogP contribution in [0.4, 0.5) is 0 Å². The normalized spacial score (nSPS) is 36.6. The summed E-state index contributed by atoms with van der Waals surface area (Å²) < 4.78 is 7.66. The third-order valence-corrected chi connectivity index (χ3v) is 1.70. The molecule has 7 heavy (non-hydrogen) atoms. The Bertz CT molecular complexity index is 75.4. The Morgan fingerprint density at radius 2 is 1.43 bits per heavy atom. The first-order valence-electron chi connectivity index (χ1n) is 1.11. The van der Waals surface area contributed by atoms with Crippen LogP contribution in [0.25, 0.3) is 0 Å². The van der Waals surface area contributed by atoms with Gasteiger partial charge in [0.2, 0.25) is 0 Å². The smallest absolute Gasteiger partial charge is 0 e. The van der Waals surface area contributed by atoms with Gasteiger partial charge in [0.15, 0.2) is 0 Å². The van der Waals surface area contributed by atoms with E-state index in [4.69, 9.17) is 9.79 Å². The summed E-state index contributed by atoms with van der Waals surface area (Å²) in [5, 5.41) is 0. The van der Waals surface area contributed by atoms with Crippen LogP contribution in [-0.4, -0.2) is 9.79 Å². The predicted octanol–water partition coefficient (Wildman–Crippen LogP) is -0.395. The zero-order chi connectivity index (χ0) is 4.86. The van der Waals surface area contributed by atoms with Gasteiger partial charge in [0.05, 0.1) is 0 Å². The third-order valence-electron chi connectivity index (χ3n) is 0.269. The van der Waals surface area contributed by atoms with Crippen LogP contribution in [0.3, 0.4) is 0 Å². The standard InChI is InChI=1S/Mo.H2O4P.Zn/c;1-5(2)3-4-5;/h;1-2H;/q-1;+1;. The van der Waals surface area contributed by atoms with Crippen LogP contribution in [0.2, 0.25) is 0 Å². The minimum atomic E-state index is -3.79. The molecule has 0 aliphatic carbocycles. The quantitative estimate of drug-likeness (QED) is 0.269. The van der Waals surface area contributed by atoms with E-state index >= 15 is 0 Å². The van der Waals surface area contributed by atoms with Crippen molar-refractivity contribution >= 4 is 5.60 Å².